The average Bonchev–Trinajstić information content (AvgIpc) is 3.12. The van der Waals surface area contributed by atoms with E-state index in [1.807, 2.05) is 0 Å². The largest absolute Gasteiger partial charge is 0.355 e. The Morgan fingerprint density at radius 2 is 1.58 bits per heavy atom. The molecule has 2 amide bonds. The molecule has 38 heavy (non-hydrogen) atoms. The predicted octanol–water partition coefficient (Wildman–Crippen LogP) is 4.65. The van der Waals surface area contributed by atoms with Gasteiger partial charge in [-0.05, 0) is 92.4 Å². The number of nitrogens with zero attached hydrogens (tertiary/aromatic N) is 1. The highest BCUT2D eigenvalue weighted by atomic mass is 35.5. The smallest absolute Gasteiger partial charge is 0.255 e. The van der Waals surface area contributed by atoms with Crippen LogP contribution in [-0.4, -0.2) is 42.9 Å². The van der Waals surface area contributed by atoms with Gasteiger partial charge in [-0.1, -0.05) is 23.7 Å². The molecule has 2 N–H and O–H groups in total. The number of nitrogens with one attached hydrogen (secondary N) is 2. The first-order valence-corrected chi connectivity index (χ1v) is 14.0. The Bertz CT molecular complexity index is 1420. The van der Waals surface area contributed by atoms with E-state index in [0.717, 1.165) is 6.42 Å². The lowest BCUT2D eigenvalue weighted by molar-refractivity contribution is -0.124. The number of carbonyl (C=O) groups excluding carboxylic acids is 3. The quantitative estimate of drug-likeness (QED) is 0.394. The van der Waals surface area contributed by atoms with Gasteiger partial charge in [0, 0.05) is 34.9 Å². The number of sulfonamides is 1. The Balaban J connectivity index is 1.56. The number of Topliss-reactive ketones (excluding diaryl/α,β-unsaturated/α-hetero) is 1. The Kier molecular flexibility index (Phi) is 8.61. The predicted molar refractivity (Wildman–Crippen MR) is 146 cm³/mol. The first-order chi connectivity index (χ1) is 18.1. The lowest BCUT2D eigenvalue weighted by Crippen LogP contribution is -2.48. The van der Waals surface area contributed by atoms with Crippen LogP contribution in [0.5, 0.6) is 0 Å². The zero-order chi connectivity index (χ0) is 27.3. The summed E-state index contributed by atoms with van der Waals surface area (Å²) in [5, 5.41) is 6.00. The number of hydrogen-bond donors (Lipinski definition) is 2. The summed E-state index contributed by atoms with van der Waals surface area (Å²) in [4.78, 5) is 37.1. The first-order valence-electron chi connectivity index (χ1n) is 12.2. The molecule has 3 aromatic carbocycles. The van der Waals surface area contributed by atoms with E-state index >= 15 is 0 Å². The van der Waals surface area contributed by atoms with Gasteiger partial charge in [-0.15, -0.1) is 0 Å². The SMILES string of the molecule is CC(=O)c1ccc(NC(=O)c2ccc(CN([C@@H]3CCCCNC3=O)S(=O)(=O)c3ccc(Cl)cc3)cc2)cc1. The van der Waals surface area contributed by atoms with Gasteiger partial charge in [0.1, 0.15) is 6.04 Å². The molecule has 1 aliphatic heterocycles. The van der Waals surface area contributed by atoms with Crippen molar-refractivity contribution in [3.05, 3.63) is 94.5 Å². The second-order valence-electron chi connectivity index (χ2n) is 9.09. The number of benzene rings is 3. The molecule has 1 aliphatic rings. The zero-order valence-corrected chi connectivity index (χ0v) is 22.4. The number of ketones is 1. The van der Waals surface area contributed by atoms with Gasteiger partial charge in [0.15, 0.2) is 5.78 Å². The molecular weight excluding hydrogens is 526 g/mol. The van der Waals surface area contributed by atoms with Crippen LogP contribution in [0.1, 0.15) is 52.5 Å². The molecule has 3 aromatic rings. The minimum atomic E-state index is -4.03. The van der Waals surface area contributed by atoms with Crippen LogP contribution in [0, 0.1) is 0 Å². The second-order valence-corrected chi connectivity index (χ2v) is 11.4. The van der Waals surface area contributed by atoms with Crippen LogP contribution < -0.4 is 10.6 Å². The summed E-state index contributed by atoms with van der Waals surface area (Å²) in [6.07, 6.45) is 1.89. The summed E-state index contributed by atoms with van der Waals surface area (Å²) in [7, 11) is -4.03. The third-order valence-corrected chi connectivity index (χ3v) is 8.50. The highest BCUT2D eigenvalue weighted by molar-refractivity contribution is 7.89. The minimum Gasteiger partial charge on any atom is -0.355 e. The normalized spacial score (nSPS) is 16.0. The topological polar surface area (TPSA) is 113 Å². The van der Waals surface area contributed by atoms with Gasteiger partial charge in [-0.25, -0.2) is 8.42 Å². The third kappa shape index (κ3) is 6.48. The van der Waals surface area contributed by atoms with Gasteiger partial charge in [0.05, 0.1) is 4.90 Å². The van der Waals surface area contributed by atoms with Crippen molar-refractivity contribution in [1.82, 2.24) is 9.62 Å². The second kappa shape index (κ2) is 11.9. The van der Waals surface area contributed by atoms with Crippen molar-refractivity contribution in [2.75, 3.05) is 11.9 Å². The molecule has 0 spiro atoms. The molecule has 0 unspecified atom stereocenters. The average molecular weight is 554 g/mol. The summed E-state index contributed by atoms with van der Waals surface area (Å²) >= 11 is 5.96. The Morgan fingerprint density at radius 1 is 0.947 bits per heavy atom. The van der Waals surface area contributed by atoms with E-state index in [1.54, 1.807) is 48.5 Å². The Morgan fingerprint density at radius 3 is 2.21 bits per heavy atom. The van der Waals surface area contributed by atoms with Crippen LogP contribution in [0.25, 0.3) is 0 Å². The number of anilines is 1. The Hall–Kier alpha value is -3.53. The van der Waals surface area contributed by atoms with Crippen molar-refractivity contribution in [2.24, 2.45) is 0 Å². The summed E-state index contributed by atoms with van der Waals surface area (Å²) in [5.41, 5.74) is 2.10. The van der Waals surface area contributed by atoms with Gasteiger partial charge in [0.2, 0.25) is 15.9 Å². The van der Waals surface area contributed by atoms with E-state index in [0.29, 0.717) is 46.8 Å². The standard InChI is InChI=1S/C28H28ClN3O5S/c1-19(33)21-9-13-24(14-10-21)31-27(34)22-7-5-20(6-8-22)18-32(26-4-2-3-17-30-28(26)35)38(36,37)25-15-11-23(29)12-16-25/h5-16,26H,2-4,17-18H2,1H3,(H,30,35)(H,31,34)/t26-/m1/s1. The zero-order valence-electron chi connectivity index (χ0n) is 20.8. The monoisotopic (exact) mass is 553 g/mol. The van der Waals surface area contributed by atoms with Crippen molar-refractivity contribution in [3.63, 3.8) is 0 Å². The maximum atomic E-state index is 13.7. The molecule has 4 rings (SSSR count). The molecule has 0 saturated carbocycles. The fourth-order valence-corrected chi connectivity index (χ4v) is 5.97. The van der Waals surface area contributed by atoms with Crippen LogP contribution in [0.4, 0.5) is 5.69 Å². The fraction of sp³-hybridized carbons (Fsp3) is 0.250. The van der Waals surface area contributed by atoms with Gasteiger partial charge in [-0.2, -0.15) is 4.31 Å². The minimum absolute atomic E-state index is 0.0442. The van der Waals surface area contributed by atoms with E-state index in [-0.39, 0.29) is 29.0 Å². The fourth-order valence-electron chi connectivity index (χ4n) is 4.24. The summed E-state index contributed by atoms with van der Waals surface area (Å²) in [5.74, 6) is -0.736. The number of hydrogen-bond acceptors (Lipinski definition) is 5. The first kappa shape index (κ1) is 27.5. The molecule has 1 heterocycles. The van der Waals surface area contributed by atoms with Crippen molar-refractivity contribution < 1.29 is 22.8 Å². The van der Waals surface area contributed by atoms with E-state index < -0.39 is 16.1 Å². The molecule has 0 radical (unpaired) electrons. The maximum absolute atomic E-state index is 13.7. The van der Waals surface area contributed by atoms with Gasteiger partial charge < -0.3 is 10.6 Å². The summed E-state index contributed by atoms with van der Waals surface area (Å²) in [6, 6.07) is 18.1. The van der Waals surface area contributed by atoms with E-state index in [1.165, 1.54) is 35.5 Å². The van der Waals surface area contributed by atoms with Crippen molar-refractivity contribution >= 4 is 44.9 Å². The molecular formula is C28H28ClN3O5S. The van der Waals surface area contributed by atoms with Gasteiger partial charge >= 0.3 is 0 Å². The molecule has 0 bridgehead atoms. The maximum Gasteiger partial charge on any atom is 0.255 e. The molecule has 0 aliphatic carbocycles. The van der Waals surface area contributed by atoms with Crippen LogP contribution in [0.2, 0.25) is 5.02 Å². The van der Waals surface area contributed by atoms with Gasteiger partial charge in [0.25, 0.3) is 5.91 Å². The summed E-state index contributed by atoms with van der Waals surface area (Å²) in [6.45, 7) is 1.93. The molecule has 1 atom stereocenters. The van der Waals surface area contributed by atoms with Crippen LogP contribution in [0.15, 0.2) is 77.7 Å². The van der Waals surface area contributed by atoms with Crippen molar-refractivity contribution in [1.29, 1.82) is 0 Å². The van der Waals surface area contributed by atoms with E-state index in [9.17, 15) is 22.8 Å². The molecule has 1 fully saturated rings. The molecule has 198 valence electrons. The van der Waals surface area contributed by atoms with Crippen LogP contribution >= 0.6 is 11.6 Å². The van der Waals surface area contributed by atoms with Crippen LogP contribution in [0.3, 0.4) is 0 Å². The highest BCUT2D eigenvalue weighted by Crippen LogP contribution is 2.26. The lowest BCUT2D eigenvalue weighted by Gasteiger charge is -2.29. The molecule has 0 aromatic heterocycles. The van der Waals surface area contributed by atoms with Crippen LogP contribution in [-0.2, 0) is 21.4 Å². The van der Waals surface area contributed by atoms with Crippen molar-refractivity contribution in [2.45, 2.75) is 43.7 Å². The van der Waals surface area contributed by atoms with Crippen molar-refractivity contribution in [3.8, 4) is 0 Å². The van der Waals surface area contributed by atoms with Gasteiger partial charge in [-0.3, -0.25) is 14.4 Å². The number of rotatable bonds is 8. The highest BCUT2D eigenvalue weighted by Gasteiger charge is 2.36. The summed E-state index contributed by atoms with van der Waals surface area (Å²) < 4.78 is 28.6. The number of halogens is 1. The Labute approximate surface area is 227 Å². The number of carbonyl (C=O) groups is 3. The molecule has 1 saturated heterocycles. The third-order valence-electron chi connectivity index (χ3n) is 6.38. The molecule has 8 nitrogen and oxygen atoms in total. The number of amides is 2. The van der Waals surface area contributed by atoms with E-state index in [2.05, 4.69) is 10.6 Å². The van der Waals surface area contributed by atoms with E-state index in [4.69, 9.17) is 11.6 Å². The lowest BCUT2D eigenvalue weighted by atomic mass is 10.1. The molecule has 10 heteroatoms.